The zero-order chi connectivity index (χ0) is 26.7. The fraction of sp³-hybridized carbons (Fsp3) is 0.407. The summed E-state index contributed by atoms with van der Waals surface area (Å²) in [6.45, 7) is 3.56. The van der Waals surface area contributed by atoms with Crippen molar-refractivity contribution in [1.29, 1.82) is 0 Å². The number of methoxy groups -OCH3 is 1. The molecule has 2 aliphatic rings. The van der Waals surface area contributed by atoms with Gasteiger partial charge in [-0.1, -0.05) is 12.1 Å². The van der Waals surface area contributed by atoms with Crippen LogP contribution in [0.1, 0.15) is 18.4 Å². The molecule has 0 saturated carbocycles. The number of alkyl halides is 3. The van der Waals surface area contributed by atoms with Gasteiger partial charge in [-0.05, 0) is 49.2 Å². The minimum absolute atomic E-state index is 0.0530. The van der Waals surface area contributed by atoms with Crippen LogP contribution in [0.2, 0.25) is 0 Å². The zero-order valence-electron chi connectivity index (χ0n) is 21.1. The van der Waals surface area contributed by atoms with Crippen molar-refractivity contribution in [3.8, 4) is 17.0 Å². The topological polar surface area (TPSA) is 74.7 Å². The number of ether oxygens (including phenoxy) is 1. The van der Waals surface area contributed by atoms with Crippen molar-refractivity contribution in [3.63, 3.8) is 0 Å². The number of para-hydroxylation sites is 1. The summed E-state index contributed by atoms with van der Waals surface area (Å²) in [5.74, 6) is 2.11. The van der Waals surface area contributed by atoms with E-state index in [1.165, 1.54) is 6.07 Å². The van der Waals surface area contributed by atoms with Crippen molar-refractivity contribution in [3.05, 3.63) is 60.3 Å². The van der Waals surface area contributed by atoms with E-state index in [4.69, 9.17) is 4.74 Å². The monoisotopic (exact) mass is 526 g/mol. The molecule has 2 fully saturated rings. The SMILES string of the molecule is COc1ccccc1-c1ccc(N2CCC(C(=O)N3CCN(c4ccc(C(F)(F)F)cn4)CC3)CC2)nn1. The van der Waals surface area contributed by atoms with Crippen LogP contribution in [0.15, 0.2) is 54.7 Å². The number of benzene rings is 1. The molecule has 0 N–H and O–H groups in total. The maximum absolute atomic E-state index is 13.2. The zero-order valence-corrected chi connectivity index (χ0v) is 21.1. The molecule has 0 unspecified atom stereocenters. The molecule has 200 valence electrons. The number of carbonyl (C=O) groups is 1. The summed E-state index contributed by atoms with van der Waals surface area (Å²) in [5.41, 5.74) is 0.856. The Hall–Kier alpha value is -3.89. The number of aromatic nitrogens is 3. The number of nitrogens with zero attached hydrogens (tertiary/aromatic N) is 6. The highest BCUT2D eigenvalue weighted by molar-refractivity contribution is 5.79. The van der Waals surface area contributed by atoms with Gasteiger partial charge in [-0.25, -0.2) is 4.98 Å². The molecule has 8 nitrogen and oxygen atoms in total. The van der Waals surface area contributed by atoms with Crippen molar-refractivity contribution < 1.29 is 22.7 Å². The average Bonchev–Trinajstić information content (AvgIpc) is 2.97. The average molecular weight is 527 g/mol. The molecule has 1 aromatic carbocycles. The van der Waals surface area contributed by atoms with Gasteiger partial charge in [0, 0.05) is 56.9 Å². The molecule has 38 heavy (non-hydrogen) atoms. The van der Waals surface area contributed by atoms with Crippen molar-refractivity contribution in [1.82, 2.24) is 20.1 Å². The first-order valence-corrected chi connectivity index (χ1v) is 12.6. The van der Waals surface area contributed by atoms with Crippen LogP contribution >= 0.6 is 0 Å². The maximum atomic E-state index is 13.2. The number of halogens is 3. The van der Waals surface area contributed by atoms with E-state index >= 15 is 0 Å². The third kappa shape index (κ3) is 5.51. The summed E-state index contributed by atoms with van der Waals surface area (Å²) in [6, 6.07) is 14.0. The minimum atomic E-state index is -4.40. The van der Waals surface area contributed by atoms with Gasteiger partial charge in [0.25, 0.3) is 0 Å². The van der Waals surface area contributed by atoms with Crippen LogP contribution in [-0.2, 0) is 11.0 Å². The van der Waals surface area contributed by atoms with Crippen molar-refractivity contribution in [2.45, 2.75) is 19.0 Å². The van der Waals surface area contributed by atoms with E-state index in [1.54, 1.807) is 7.11 Å². The van der Waals surface area contributed by atoms with E-state index in [-0.39, 0.29) is 11.8 Å². The Labute approximate surface area is 219 Å². The van der Waals surface area contributed by atoms with Crippen LogP contribution in [0.4, 0.5) is 24.8 Å². The molecule has 0 aliphatic carbocycles. The molecule has 0 atom stereocenters. The summed E-state index contributed by atoms with van der Waals surface area (Å²) < 4.78 is 43.8. The molecule has 5 rings (SSSR count). The van der Waals surface area contributed by atoms with Gasteiger partial charge in [0.15, 0.2) is 5.82 Å². The third-order valence-electron chi connectivity index (χ3n) is 7.19. The molecular formula is C27H29F3N6O2. The predicted molar refractivity (Wildman–Crippen MR) is 137 cm³/mol. The smallest absolute Gasteiger partial charge is 0.417 e. The second-order valence-corrected chi connectivity index (χ2v) is 9.45. The molecule has 0 radical (unpaired) electrons. The van der Waals surface area contributed by atoms with Gasteiger partial charge in [0.2, 0.25) is 5.91 Å². The molecule has 2 saturated heterocycles. The predicted octanol–water partition coefficient (Wildman–Crippen LogP) is 4.13. The summed E-state index contributed by atoms with van der Waals surface area (Å²) in [6.07, 6.45) is -2.08. The van der Waals surface area contributed by atoms with Gasteiger partial charge in [0.1, 0.15) is 11.6 Å². The minimum Gasteiger partial charge on any atom is -0.496 e. The lowest BCUT2D eigenvalue weighted by Gasteiger charge is -2.39. The van der Waals surface area contributed by atoms with E-state index in [9.17, 15) is 18.0 Å². The number of piperazine rings is 1. The third-order valence-corrected chi connectivity index (χ3v) is 7.19. The molecule has 0 bridgehead atoms. The standard InChI is InChI=1S/C27H29F3N6O2/c1-38-23-5-3-2-4-21(23)22-7-9-25(33-32-22)34-12-10-19(11-13-34)26(37)36-16-14-35(15-17-36)24-8-6-20(18-31-24)27(28,29)30/h2-9,18-19H,10-17H2,1H3. The summed E-state index contributed by atoms with van der Waals surface area (Å²) >= 11 is 0. The van der Waals surface area contributed by atoms with Crippen LogP contribution in [-0.4, -0.2) is 72.4 Å². The Morgan fingerprint density at radius 1 is 0.868 bits per heavy atom. The molecule has 1 amide bonds. The van der Waals surface area contributed by atoms with Crippen molar-refractivity contribution in [2.75, 3.05) is 56.2 Å². The number of hydrogen-bond acceptors (Lipinski definition) is 7. The van der Waals surface area contributed by atoms with E-state index in [2.05, 4.69) is 20.1 Å². The largest absolute Gasteiger partial charge is 0.496 e. The quantitative estimate of drug-likeness (QED) is 0.495. The van der Waals surface area contributed by atoms with Gasteiger partial charge in [0.05, 0.1) is 18.4 Å². The molecule has 4 heterocycles. The molecular weight excluding hydrogens is 497 g/mol. The van der Waals surface area contributed by atoms with E-state index in [0.717, 1.165) is 47.9 Å². The van der Waals surface area contributed by atoms with Crippen LogP contribution in [0.25, 0.3) is 11.3 Å². The Balaban J connectivity index is 1.12. The lowest BCUT2D eigenvalue weighted by molar-refractivity contribution is -0.138. The summed E-state index contributed by atoms with van der Waals surface area (Å²) in [5, 5.41) is 8.82. The fourth-order valence-electron chi connectivity index (χ4n) is 5.00. The van der Waals surface area contributed by atoms with Gasteiger partial charge >= 0.3 is 6.18 Å². The Morgan fingerprint density at radius 3 is 2.16 bits per heavy atom. The van der Waals surface area contributed by atoms with Crippen LogP contribution in [0.5, 0.6) is 5.75 Å². The van der Waals surface area contributed by atoms with Crippen LogP contribution < -0.4 is 14.5 Å². The number of piperidine rings is 1. The first kappa shape index (κ1) is 25.7. The molecule has 0 spiro atoms. The number of pyridine rings is 1. The second-order valence-electron chi connectivity index (χ2n) is 9.45. The Bertz CT molecular complexity index is 1240. The number of hydrogen-bond donors (Lipinski definition) is 0. The van der Waals surface area contributed by atoms with Crippen molar-refractivity contribution in [2.24, 2.45) is 5.92 Å². The number of anilines is 2. The van der Waals surface area contributed by atoms with E-state index in [0.29, 0.717) is 45.1 Å². The number of rotatable bonds is 5. The first-order valence-electron chi connectivity index (χ1n) is 12.6. The Morgan fingerprint density at radius 2 is 1.55 bits per heavy atom. The maximum Gasteiger partial charge on any atom is 0.417 e. The van der Waals surface area contributed by atoms with Crippen LogP contribution in [0.3, 0.4) is 0 Å². The lowest BCUT2D eigenvalue weighted by atomic mass is 9.95. The highest BCUT2D eigenvalue weighted by atomic mass is 19.4. The van der Waals surface area contributed by atoms with Gasteiger partial charge in [-0.3, -0.25) is 4.79 Å². The fourth-order valence-corrected chi connectivity index (χ4v) is 5.00. The summed E-state index contributed by atoms with van der Waals surface area (Å²) in [7, 11) is 1.63. The molecule has 2 aromatic heterocycles. The first-order chi connectivity index (χ1) is 18.3. The number of carbonyl (C=O) groups excluding carboxylic acids is 1. The molecule has 11 heteroatoms. The second kappa shape index (κ2) is 10.8. The van der Waals surface area contributed by atoms with Crippen LogP contribution in [0, 0.1) is 5.92 Å². The molecule has 2 aliphatic heterocycles. The van der Waals surface area contributed by atoms with Gasteiger partial charge < -0.3 is 19.4 Å². The van der Waals surface area contributed by atoms with Crippen molar-refractivity contribution >= 4 is 17.5 Å². The highest BCUT2D eigenvalue weighted by Crippen LogP contribution is 2.31. The Kier molecular flexibility index (Phi) is 7.35. The molecule has 3 aromatic rings. The van der Waals surface area contributed by atoms with E-state index in [1.807, 2.05) is 46.2 Å². The lowest BCUT2D eigenvalue weighted by Crippen LogP contribution is -2.52. The van der Waals surface area contributed by atoms with E-state index < -0.39 is 11.7 Å². The number of amides is 1. The normalized spacial score (nSPS) is 17.0. The summed E-state index contributed by atoms with van der Waals surface area (Å²) in [4.78, 5) is 23.1. The highest BCUT2D eigenvalue weighted by Gasteiger charge is 2.33. The van der Waals surface area contributed by atoms with Gasteiger partial charge in [-0.15, -0.1) is 10.2 Å². The van der Waals surface area contributed by atoms with Gasteiger partial charge in [-0.2, -0.15) is 13.2 Å².